The number of aliphatic hydroxyl groups excluding tert-OH is 1. The molecule has 0 spiro atoms. The Hall–Kier alpha value is -0.120. The van der Waals surface area contributed by atoms with Gasteiger partial charge in [-0.1, -0.05) is 13.8 Å². The summed E-state index contributed by atoms with van der Waals surface area (Å²) in [6.45, 7) is 7.51. The van der Waals surface area contributed by atoms with Gasteiger partial charge in [0.15, 0.2) is 0 Å². The second-order valence-electron chi connectivity index (χ2n) is 4.50. The lowest BCUT2D eigenvalue weighted by molar-refractivity contribution is 0.182. The Morgan fingerprint density at radius 3 is 2.79 bits per heavy atom. The highest BCUT2D eigenvalue weighted by Crippen LogP contribution is 2.12. The molecule has 1 heterocycles. The third-order valence-electron chi connectivity index (χ3n) is 2.94. The van der Waals surface area contributed by atoms with Crippen molar-refractivity contribution >= 4 is 0 Å². The summed E-state index contributed by atoms with van der Waals surface area (Å²) in [5.41, 5.74) is 0. The van der Waals surface area contributed by atoms with E-state index in [1.807, 2.05) is 0 Å². The molecule has 14 heavy (non-hydrogen) atoms. The number of hydrogen-bond donors (Lipinski definition) is 2. The molecule has 84 valence electrons. The molecule has 1 saturated heterocycles. The molecule has 0 bridgehead atoms. The highest BCUT2D eigenvalue weighted by Gasteiger charge is 2.18. The zero-order valence-corrected chi connectivity index (χ0v) is 9.33. The molecule has 0 saturated carbocycles. The predicted octanol–water partition coefficient (Wildman–Crippen LogP) is 1.02. The van der Waals surface area contributed by atoms with Gasteiger partial charge in [-0.3, -0.25) is 0 Å². The van der Waals surface area contributed by atoms with Gasteiger partial charge in [-0.15, -0.1) is 0 Å². The van der Waals surface area contributed by atoms with Crippen LogP contribution in [0.2, 0.25) is 0 Å². The van der Waals surface area contributed by atoms with Crippen LogP contribution in [0.4, 0.5) is 0 Å². The summed E-state index contributed by atoms with van der Waals surface area (Å²) in [5, 5.41) is 12.4. The smallest absolute Gasteiger partial charge is 0.0507 e. The van der Waals surface area contributed by atoms with Gasteiger partial charge in [-0.25, -0.2) is 0 Å². The maximum Gasteiger partial charge on any atom is 0.0507 e. The summed E-state index contributed by atoms with van der Waals surface area (Å²) in [5.74, 6) is 1.26. The van der Waals surface area contributed by atoms with Gasteiger partial charge >= 0.3 is 0 Å². The third kappa shape index (κ3) is 3.95. The molecule has 0 radical (unpaired) electrons. The fourth-order valence-corrected chi connectivity index (χ4v) is 1.87. The van der Waals surface area contributed by atoms with Crippen molar-refractivity contribution in [3.05, 3.63) is 0 Å². The number of hydrogen-bond acceptors (Lipinski definition) is 3. The minimum absolute atomic E-state index is 0.275. The molecule has 3 nitrogen and oxygen atoms in total. The Bertz CT molecular complexity index is 144. The first-order valence-corrected chi connectivity index (χ1v) is 5.66. The first-order valence-electron chi connectivity index (χ1n) is 5.66. The molecule has 0 aliphatic carbocycles. The van der Waals surface area contributed by atoms with Crippen LogP contribution in [0.15, 0.2) is 0 Å². The second-order valence-corrected chi connectivity index (χ2v) is 4.50. The van der Waals surface area contributed by atoms with Crippen molar-refractivity contribution in [1.82, 2.24) is 5.32 Å². The highest BCUT2D eigenvalue weighted by atomic mass is 16.5. The first-order chi connectivity index (χ1) is 6.74. The Morgan fingerprint density at radius 2 is 2.29 bits per heavy atom. The fourth-order valence-electron chi connectivity index (χ4n) is 1.87. The molecule has 0 aromatic heterocycles. The molecular formula is C11H23NO2. The zero-order valence-electron chi connectivity index (χ0n) is 9.33. The van der Waals surface area contributed by atoms with Crippen LogP contribution in [0.5, 0.6) is 0 Å². The summed E-state index contributed by atoms with van der Waals surface area (Å²) >= 11 is 0. The standard InChI is InChI=1S/C11H23NO2/c1-9(2)11(3-5-13)12-7-10-4-6-14-8-10/h9-13H,3-8H2,1-2H3. The topological polar surface area (TPSA) is 41.5 Å². The number of aliphatic hydroxyl groups is 1. The van der Waals surface area contributed by atoms with Gasteiger partial charge in [0.05, 0.1) is 6.61 Å². The monoisotopic (exact) mass is 201 g/mol. The minimum atomic E-state index is 0.275. The van der Waals surface area contributed by atoms with E-state index in [0.717, 1.165) is 26.2 Å². The lowest BCUT2D eigenvalue weighted by atomic mass is 10.00. The van der Waals surface area contributed by atoms with E-state index in [9.17, 15) is 0 Å². The molecule has 0 amide bonds. The maximum absolute atomic E-state index is 8.91. The van der Waals surface area contributed by atoms with Crippen molar-refractivity contribution in [3.8, 4) is 0 Å². The van der Waals surface area contributed by atoms with Crippen molar-refractivity contribution in [2.75, 3.05) is 26.4 Å². The van der Waals surface area contributed by atoms with Crippen LogP contribution in [0.1, 0.15) is 26.7 Å². The molecule has 1 fully saturated rings. The maximum atomic E-state index is 8.91. The van der Waals surface area contributed by atoms with Crippen molar-refractivity contribution in [2.45, 2.75) is 32.7 Å². The zero-order chi connectivity index (χ0) is 10.4. The molecule has 2 N–H and O–H groups in total. The Labute approximate surface area is 86.8 Å². The van der Waals surface area contributed by atoms with Gasteiger partial charge in [0, 0.05) is 25.8 Å². The second kappa shape index (κ2) is 6.38. The highest BCUT2D eigenvalue weighted by molar-refractivity contribution is 4.74. The number of nitrogens with one attached hydrogen (secondary N) is 1. The van der Waals surface area contributed by atoms with Crippen LogP contribution < -0.4 is 5.32 Å². The van der Waals surface area contributed by atoms with Gasteiger partial charge in [0.25, 0.3) is 0 Å². The summed E-state index contributed by atoms with van der Waals surface area (Å²) in [7, 11) is 0. The lowest BCUT2D eigenvalue weighted by Gasteiger charge is -2.23. The van der Waals surface area contributed by atoms with Crippen molar-refractivity contribution in [1.29, 1.82) is 0 Å². The number of rotatable bonds is 6. The van der Waals surface area contributed by atoms with E-state index < -0.39 is 0 Å². The van der Waals surface area contributed by atoms with Crippen LogP contribution in [0, 0.1) is 11.8 Å². The largest absolute Gasteiger partial charge is 0.396 e. The van der Waals surface area contributed by atoms with Crippen LogP contribution in [-0.4, -0.2) is 37.5 Å². The fraction of sp³-hybridized carbons (Fsp3) is 1.00. The molecule has 1 rings (SSSR count). The Morgan fingerprint density at radius 1 is 1.50 bits per heavy atom. The summed E-state index contributed by atoms with van der Waals surface area (Å²) in [4.78, 5) is 0. The van der Waals surface area contributed by atoms with Crippen molar-refractivity contribution < 1.29 is 9.84 Å². The van der Waals surface area contributed by atoms with E-state index in [1.165, 1.54) is 6.42 Å². The van der Waals surface area contributed by atoms with Gasteiger partial charge in [-0.05, 0) is 24.7 Å². The van der Waals surface area contributed by atoms with E-state index in [0.29, 0.717) is 17.9 Å². The lowest BCUT2D eigenvalue weighted by Crippen LogP contribution is -2.38. The van der Waals surface area contributed by atoms with Gasteiger partial charge < -0.3 is 15.2 Å². The van der Waals surface area contributed by atoms with Gasteiger partial charge in [-0.2, -0.15) is 0 Å². The van der Waals surface area contributed by atoms with Crippen LogP contribution >= 0.6 is 0 Å². The van der Waals surface area contributed by atoms with Gasteiger partial charge in [0.1, 0.15) is 0 Å². The summed E-state index contributed by atoms with van der Waals surface area (Å²) < 4.78 is 5.32. The van der Waals surface area contributed by atoms with E-state index >= 15 is 0 Å². The summed E-state index contributed by atoms with van der Waals surface area (Å²) in [6.07, 6.45) is 2.03. The quantitative estimate of drug-likeness (QED) is 0.674. The minimum Gasteiger partial charge on any atom is -0.396 e. The van der Waals surface area contributed by atoms with Crippen molar-refractivity contribution in [2.24, 2.45) is 11.8 Å². The molecule has 0 aromatic carbocycles. The summed E-state index contributed by atoms with van der Waals surface area (Å²) in [6, 6.07) is 0.445. The molecular weight excluding hydrogens is 178 g/mol. The van der Waals surface area contributed by atoms with E-state index in [1.54, 1.807) is 0 Å². The molecule has 2 atom stereocenters. The van der Waals surface area contributed by atoms with Crippen LogP contribution in [0.25, 0.3) is 0 Å². The van der Waals surface area contributed by atoms with E-state index in [-0.39, 0.29) is 6.61 Å². The molecule has 1 aliphatic heterocycles. The normalized spacial score (nSPS) is 24.4. The van der Waals surface area contributed by atoms with E-state index in [2.05, 4.69) is 19.2 Å². The van der Waals surface area contributed by atoms with E-state index in [4.69, 9.17) is 9.84 Å². The molecule has 2 unspecified atom stereocenters. The molecule has 1 aliphatic rings. The average molecular weight is 201 g/mol. The average Bonchev–Trinajstić information content (AvgIpc) is 2.64. The van der Waals surface area contributed by atoms with Gasteiger partial charge in [0.2, 0.25) is 0 Å². The molecule has 0 aromatic rings. The van der Waals surface area contributed by atoms with Crippen LogP contribution in [0.3, 0.4) is 0 Å². The molecule has 3 heteroatoms. The SMILES string of the molecule is CC(C)C(CCO)NCC1CCOC1. The first kappa shape index (κ1) is 12.0. The number of ether oxygens (including phenoxy) is 1. The van der Waals surface area contributed by atoms with Crippen LogP contribution in [-0.2, 0) is 4.74 Å². The predicted molar refractivity (Wildman–Crippen MR) is 57.3 cm³/mol. The van der Waals surface area contributed by atoms with Crippen molar-refractivity contribution in [3.63, 3.8) is 0 Å². The Balaban J connectivity index is 2.17. The Kier molecular flexibility index (Phi) is 5.45. The third-order valence-corrected chi connectivity index (χ3v) is 2.94.